The number of hydrogen-bond acceptors (Lipinski definition) is 4. The summed E-state index contributed by atoms with van der Waals surface area (Å²) in [6, 6.07) is 5.01. The maximum atomic E-state index is 12.2. The van der Waals surface area contributed by atoms with Crippen LogP contribution < -0.4 is 10.6 Å². The Kier molecular flexibility index (Phi) is 5.16. The molecular formula is C14H21Cl2N3O2S. The lowest BCUT2D eigenvalue weighted by atomic mass is 10.2. The van der Waals surface area contributed by atoms with Crippen molar-refractivity contribution in [1.82, 2.24) is 4.31 Å². The van der Waals surface area contributed by atoms with Crippen LogP contribution in [0.5, 0.6) is 0 Å². The van der Waals surface area contributed by atoms with Gasteiger partial charge >= 0.3 is 0 Å². The van der Waals surface area contributed by atoms with Crippen LogP contribution >= 0.6 is 23.2 Å². The van der Waals surface area contributed by atoms with Crippen molar-refractivity contribution in [3.63, 3.8) is 0 Å². The lowest BCUT2D eigenvalue weighted by Crippen LogP contribution is -2.22. The van der Waals surface area contributed by atoms with E-state index in [0.717, 1.165) is 24.3 Å². The zero-order valence-corrected chi connectivity index (χ0v) is 15.2. The monoisotopic (exact) mass is 365 g/mol. The number of nitrogens with zero attached hydrogens (tertiary/aromatic N) is 1. The van der Waals surface area contributed by atoms with Crippen LogP contribution in [0.3, 0.4) is 0 Å². The Morgan fingerprint density at radius 2 is 1.91 bits per heavy atom. The molecular weight excluding hydrogens is 345 g/mol. The van der Waals surface area contributed by atoms with E-state index in [1.54, 1.807) is 18.2 Å². The third-order valence-corrected chi connectivity index (χ3v) is 6.37. The minimum absolute atomic E-state index is 0.180. The molecule has 8 heteroatoms. The van der Waals surface area contributed by atoms with E-state index >= 15 is 0 Å². The molecule has 1 fully saturated rings. The Hall–Kier alpha value is -0.690. The highest BCUT2D eigenvalue weighted by molar-refractivity contribution is 7.89. The molecule has 5 nitrogen and oxygen atoms in total. The smallest absolute Gasteiger partial charge is 0.242 e. The summed E-state index contributed by atoms with van der Waals surface area (Å²) in [6.07, 6.45) is 0.745. The zero-order valence-electron chi connectivity index (χ0n) is 12.9. The fourth-order valence-corrected chi connectivity index (χ4v) is 3.56. The molecule has 0 aromatic heterocycles. The molecule has 0 aliphatic heterocycles. The van der Waals surface area contributed by atoms with Crippen LogP contribution in [0.2, 0.25) is 0 Å². The summed E-state index contributed by atoms with van der Waals surface area (Å²) in [5.41, 5.74) is 1.59. The predicted molar refractivity (Wildman–Crippen MR) is 92.5 cm³/mol. The number of nitrogens with one attached hydrogen (secondary N) is 2. The second-order valence-corrected chi connectivity index (χ2v) is 9.26. The number of anilines is 2. The summed E-state index contributed by atoms with van der Waals surface area (Å²) < 4.78 is 25.0. The fraction of sp³-hybridized carbons (Fsp3) is 0.571. The van der Waals surface area contributed by atoms with Crippen LogP contribution in [0.1, 0.15) is 13.3 Å². The maximum absolute atomic E-state index is 12.2. The highest BCUT2D eigenvalue weighted by atomic mass is 35.5. The molecule has 1 unspecified atom stereocenters. The highest BCUT2D eigenvalue weighted by Crippen LogP contribution is 2.53. The Balaban J connectivity index is 2.24. The predicted octanol–water partition coefficient (Wildman–Crippen LogP) is 2.97. The SMILES string of the molecule is CCNc1ccc(S(=O)(=O)N(C)C)cc1NCC1CC1(Cl)Cl. The molecule has 2 rings (SSSR count). The quantitative estimate of drug-likeness (QED) is 0.729. The van der Waals surface area contributed by atoms with E-state index in [2.05, 4.69) is 10.6 Å². The van der Waals surface area contributed by atoms with Crippen LogP contribution in [0.4, 0.5) is 11.4 Å². The topological polar surface area (TPSA) is 61.4 Å². The molecule has 1 atom stereocenters. The van der Waals surface area contributed by atoms with Gasteiger partial charge < -0.3 is 10.6 Å². The van der Waals surface area contributed by atoms with E-state index in [4.69, 9.17) is 23.2 Å². The van der Waals surface area contributed by atoms with Gasteiger partial charge in [0.15, 0.2) is 0 Å². The van der Waals surface area contributed by atoms with E-state index < -0.39 is 14.4 Å². The van der Waals surface area contributed by atoms with Crippen LogP contribution in [0.25, 0.3) is 0 Å². The molecule has 124 valence electrons. The Morgan fingerprint density at radius 1 is 1.27 bits per heavy atom. The van der Waals surface area contributed by atoms with Crippen molar-refractivity contribution in [1.29, 1.82) is 0 Å². The zero-order chi connectivity index (χ0) is 16.5. The van der Waals surface area contributed by atoms with Crippen molar-refractivity contribution in [2.75, 3.05) is 37.8 Å². The van der Waals surface area contributed by atoms with Gasteiger partial charge in [0.1, 0.15) is 4.33 Å². The van der Waals surface area contributed by atoms with E-state index in [9.17, 15) is 8.42 Å². The largest absolute Gasteiger partial charge is 0.384 e. The minimum Gasteiger partial charge on any atom is -0.384 e. The summed E-state index contributed by atoms with van der Waals surface area (Å²) in [7, 11) is -0.435. The highest BCUT2D eigenvalue weighted by Gasteiger charge is 2.51. The normalized spacial score (nSPS) is 20.0. The standard InChI is InChI=1S/C14H21Cl2N3O2S/c1-4-17-12-6-5-11(22(20,21)19(2)3)7-13(12)18-9-10-8-14(10,15)16/h5-7,10,17-18H,4,8-9H2,1-3H3. The van der Waals surface area contributed by atoms with Gasteiger partial charge in [0.05, 0.1) is 16.3 Å². The fourth-order valence-electron chi connectivity index (χ4n) is 2.11. The number of alkyl halides is 2. The first-order valence-corrected chi connectivity index (χ1v) is 9.30. The summed E-state index contributed by atoms with van der Waals surface area (Å²) in [6.45, 7) is 3.33. The van der Waals surface area contributed by atoms with E-state index in [0.29, 0.717) is 6.54 Å². The van der Waals surface area contributed by atoms with Gasteiger partial charge in [-0.15, -0.1) is 23.2 Å². The first-order valence-electron chi connectivity index (χ1n) is 7.10. The molecule has 1 aromatic rings. The van der Waals surface area contributed by atoms with Gasteiger partial charge in [-0.2, -0.15) is 0 Å². The van der Waals surface area contributed by atoms with Gasteiger partial charge in [-0.25, -0.2) is 12.7 Å². The molecule has 0 spiro atoms. The summed E-state index contributed by atoms with van der Waals surface area (Å²) in [5, 5.41) is 6.46. The second-order valence-electron chi connectivity index (χ2n) is 5.57. The van der Waals surface area contributed by atoms with Gasteiger partial charge in [0.25, 0.3) is 0 Å². The van der Waals surface area contributed by atoms with Crippen molar-refractivity contribution in [3.8, 4) is 0 Å². The lowest BCUT2D eigenvalue weighted by Gasteiger charge is -2.17. The van der Waals surface area contributed by atoms with Gasteiger partial charge in [0.2, 0.25) is 10.0 Å². The maximum Gasteiger partial charge on any atom is 0.242 e. The number of sulfonamides is 1. The molecule has 0 saturated heterocycles. The number of halogens is 2. The van der Waals surface area contributed by atoms with Crippen LogP contribution in [-0.4, -0.2) is 44.2 Å². The Labute approximate surface area is 142 Å². The molecule has 1 saturated carbocycles. The van der Waals surface area contributed by atoms with Crippen LogP contribution in [-0.2, 0) is 10.0 Å². The molecule has 0 heterocycles. The molecule has 1 aliphatic carbocycles. The molecule has 22 heavy (non-hydrogen) atoms. The number of hydrogen-bond donors (Lipinski definition) is 2. The lowest BCUT2D eigenvalue weighted by molar-refractivity contribution is 0.521. The van der Waals surface area contributed by atoms with Gasteiger partial charge in [-0.05, 0) is 31.5 Å². The first-order chi connectivity index (χ1) is 10.2. The van der Waals surface area contributed by atoms with Crippen molar-refractivity contribution in [3.05, 3.63) is 18.2 Å². The molecule has 0 radical (unpaired) electrons. The van der Waals surface area contributed by atoms with Gasteiger partial charge in [-0.1, -0.05) is 0 Å². The number of benzene rings is 1. The molecule has 2 N–H and O–H groups in total. The van der Waals surface area contributed by atoms with Gasteiger partial charge in [-0.3, -0.25) is 0 Å². The van der Waals surface area contributed by atoms with E-state index in [1.165, 1.54) is 18.4 Å². The van der Waals surface area contributed by atoms with Gasteiger partial charge in [0, 0.05) is 33.1 Å². The average Bonchev–Trinajstić information content (AvgIpc) is 3.05. The van der Waals surface area contributed by atoms with Crippen molar-refractivity contribution < 1.29 is 8.42 Å². The second kappa shape index (κ2) is 6.43. The van der Waals surface area contributed by atoms with E-state index in [-0.39, 0.29) is 10.8 Å². The molecule has 1 aliphatic rings. The van der Waals surface area contributed by atoms with Crippen LogP contribution in [0, 0.1) is 5.92 Å². The molecule has 0 amide bonds. The third-order valence-electron chi connectivity index (χ3n) is 3.63. The minimum atomic E-state index is -3.46. The third kappa shape index (κ3) is 3.79. The average molecular weight is 366 g/mol. The van der Waals surface area contributed by atoms with Crippen LogP contribution in [0.15, 0.2) is 23.1 Å². The number of rotatable bonds is 7. The van der Waals surface area contributed by atoms with Crippen molar-refractivity contribution in [2.45, 2.75) is 22.6 Å². The Bertz CT molecular complexity index is 647. The van der Waals surface area contributed by atoms with Crippen molar-refractivity contribution >= 4 is 44.6 Å². The van der Waals surface area contributed by atoms with Crippen molar-refractivity contribution in [2.24, 2.45) is 5.92 Å². The Morgan fingerprint density at radius 3 is 2.41 bits per heavy atom. The molecule has 1 aromatic carbocycles. The summed E-state index contributed by atoms with van der Waals surface area (Å²) >= 11 is 12.1. The first kappa shape index (κ1) is 17.7. The summed E-state index contributed by atoms with van der Waals surface area (Å²) in [4.78, 5) is 0.250. The molecule has 0 bridgehead atoms. The summed E-state index contributed by atoms with van der Waals surface area (Å²) in [5.74, 6) is 0.180. The van der Waals surface area contributed by atoms with E-state index in [1.807, 2.05) is 6.92 Å².